The van der Waals surface area contributed by atoms with Crippen LogP contribution in [-0.4, -0.2) is 13.7 Å². The minimum atomic E-state index is -0.0523. The molecule has 0 amide bonds. The highest BCUT2D eigenvalue weighted by atomic mass is 15.0. The van der Waals surface area contributed by atoms with Crippen molar-refractivity contribution in [2.24, 2.45) is 0 Å². The number of aromatic nitrogens is 3. The minimum Gasteiger partial charge on any atom is -0.309 e. The van der Waals surface area contributed by atoms with Gasteiger partial charge in [0.2, 0.25) is 0 Å². The average Bonchev–Trinajstić information content (AvgIpc) is 3.88. The van der Waals surface area contributed by atoms with Gasteiger partial charge in [-0.2, -0.15) is 0 Å². The van der Waals surface area contributed by atoms with Crippen molar-refractivity contribution in [1.29, 1.82) is 0 Å². The van der Waals surface area contributed by atoms with E-state index in [-0.39, 0.29) is 21.7 Å². The monoisotopic (exact) mass is 845 g/mol. The molecular weight excluding hydrogens is 787 g/mol. The number of nitrogens with zero attached hydrogens (tertiary/aromatic N) is 3. The van der Waals surface area contributed by atoms with Gasteiger partial charge in [0.15, 0.2) is 0 Å². The van der Waals surface area contributed by atoms with E-state index in [1.165, 1.54) is 87.4 Å². The van der Waals surface area contributed by atoms with E-state index >= 15 is 0 Å². The van der Waals surface area contributed by atoms with Crippen molar-refractivity contribution in [2.45, 2.75) is 105 Å². The topological polar surface area (TPSA) is 14.8 Å². The van der Waals surface area contributed by atoms with Gasteiger partial charge in [0.05, 0.1) is 27.6 Å². The number of hydrogen-bond acceptors (Lipinski definition) is 0. The van der Waals surface area contributed by atoms with Gasteiger partial charge in [-0.1, -0.05) is 150 Å². The molecule has 3 heterocycles. The normalized spacial score (nSPS) is 13.1. The molecule has 0 saturated heterocycles. The Balaban J connectivity index is 1.20. The van der Waals surface area contributed by atoms with Crippen molar-refractivity contribution in [3.05, 3.63) is 174 Å². The Hall–Kier alpha value is -6.76. The summed E-state index contributed by atoms with van der Waals surface area (Å²) in [6.45, 7) is 27.5. The zero-order valence-corrected chi connectivity index (χ0v) is 40.1. The molecule has 3 nitrogen and oxygen atoms in total. The number of rotatable bonds is 3. The Morgan fingerprint density at radius 2 is 0.738 bits per heavy atom. The van der Waals surface area contributed by atoms with Crippen LogP contribution in [0.5, 0.6) is 0 Å². The fourth-order valence-electron chi connectivity index (χ4n) is 10.1. The molecule has 0 aliphatic heterocycles. The lowest BCUT2D eigenvalue weighted by Gasteiger charge is -2.19. The molecule has 0 aliphatic carbocycles. The molecule has 0 radical (unpaired) electrons. The maximum absolute atomic E-state index is 3.69. The van der Waals surface area contributed by atoms with E-state index in [0.717, 1.165) is 28.1 Å². The molecule has 322 valence electrons. The molecular formula is C62H59N3. The summed E-state index contributed by atoms with van der Waals surface area (Å²) in [5.74, 6) is 0. The largest absolute Gasteiger partial charge is 0.309 e. The van der Waals surface area contributed by atoms with Crippen LogP contribution in [-0.2, 0) is 21.7 Å². The van der Waals surface area contributed by atoms with Crippen LogP contribution in [0, 0.1) is 12.1 Å². The third-order valence-corrected chi connectivity index (χ3v) is 14.0. The van der Waals surface area contributed by atoms with Gasteiger partial charge < -0.3 is 13.7 Å². The lowest BCUT2D eigenvalue weighted by Crippen LogP contribution is -2.10. The molecule has 0 spiro atoms. The molecule has 11 aromatic rings. The molecule has 65 heavy (non-hydrogen) atoms. The molecule has 11 rings (SSSR count). The summed E-state index contributed by atoms with van der Waals surface area (Å²) in [5, 5.41) is 9.94. The highest BCUT2D eigenvalue weighted by Crippen LogP contribution is 2.42. The van der Waals surface area contributed by atoms with Crippen molar-refractivity contribution in [3.8, 4) is 17.1 Å². The van der Waals surface area contributed by atoms with Gasteiger partial charge in [-0.25, -0.2) is 0 Å². The molecule has 0 saturated carbocycles. The van der Waals surface area contributed by atoms with Crippen LogP contribution < -0.4 is 0 Å². The van der Waals surface area contributed by atoms with Gasteiger partial charge in [-0.15, -0.1) is 0 Å². The Morgan fingerprint density at radius 3 is 1.25 bits per heavy atom. The summed E-state index contributed by atoms with van der Waals surface area (Å²) < 4.78 is 7.38. The van der Waals surface area contributed by atoms with Crippen molar-refractivity contribution < 1.29 is 0 Å². The van der Waals surface area contributed by atoms with Crippen molar-refractivity contribution >= 4 is 76.2 Å². The van der Waals surface area contributed by atoms with Crippen molar-refractivity contribution in [1.82, 2.24) is 13.7 Å². The van der Waals surface area contributed by atoms with Gasteiger partial charge in [0.25, 0.3) is 0 Å². The SMILES string of the molecule is CC(C)(C)c1c#cc2c(c1)c1cc(C(C)(C)C)ccc1n2-c1ccc2c3ccc(-n4c5ccc(C(C)(C)C)cc5c5cc(C(C)(C)C)ccc54)cc3n(-c3ccc4ccccc4c3)c2c1. The van der Waals surface area contributed by atoms with Gasteiger partial charge >= 0.3 is 0 Å². The van der Waals surface area contributed by atoms with Crippen LogP contribution in [0.3, 0.4) is 0 Å². The van der Waals surface area contributed by atoms with Crippen LogP contribution in [0.1, 0.15) is 105 Å². The molecule has 0 atom stereocenters. The summed E-state index contributed by atoms with van der Waals surface area (Å²) in [6.07, 6.45) is 0. The Morgan fingerprint density at radius 1 is 0.308 bits per heavy atom. The standard InChI is InChI=1S/C62H59N3/c1-59(2,3)40-18-27-53-49(32-40)50-33-41(60(4,5)6)19-28-54(50)63(53)45-23-25-47-48-26-24-46(37-58(48)65(57(47)36-45)44-22-17-38-15-13-14-16-39(38)31-44)64-55-29-20-42(61(7,8)9)34-51(55)52-35-43(62(10,11)12)21-30-56(52)64/h13-20,22-29,31-37H,1-12H3. The molecule has 3 heteroatoms. The molecule has 3 aromatic heterocycles. The van der Waals surface area contributed by atoms with E-state index < -0.39 is 0 Å². The second-order valence-corrected chi connectivity index (χ2v) is 22.7. The summed E-state index contributed by atoms with van der Waals surface area (Å²) in [5.41, 5.74) is 15.6. The molecule has 0 fully saturated rings. The average molecular weight is 846 g/mol. The van der Waals surface area contributed by atoms with Gasteiger partial charge in [0.1, 0.15) is 5.52 Å². The molecule has 0 aliphatic rings. The zero-order valence-electron chi connectivity index (χ0n) is 40.1. The van der Waals surface area contributed by atoms with E-state index in [1.54, 1.807) is 0 Å². The molecule has 0 N–H and O–H groups in total. The van der Waals surface area contributed by atoms with Gasteiger partial charge in [-0.05, 0) is 134 Å². The molecule has 8 aromatic carbocycles. The first kappa shape index (κ1) is 41.0. The molecule has 0 bridgehead atoms. The summed E-state index contributed by atoms with van der Waals surface area (Å²) in [6, 6.07) is 60.6. The number of fused-ring (bicyclic) bond motifs is 10. The third kappa shape index (κ3) is 6.55. The Labute approximate surface area is 383 Å². The number of benzene rings is 7. The van der Waals surface area contributed by atoms with Crippen LogP contribution in [0.2, 0.25) is 0 Å². The van der Waals surface area contributed by atoms with E-state index in [1.807, 2.05) is 0 Å². The van der Waals surface area contributed by atoms with Crippen molar-refractivity contribution in [3.63, 3.8) is 0 Å². The first-order valence-corrected chi connectivity index (χ1v) is 23.3. The first-order valence-electron chi connectivity index (χ1n) is 23.3. The van der Waals surface area contributed by atoms with Crippen molar-refractivity contribution in [2.75, 3.05) is 0 Å². The summed E-state index contributed by atoms with van der Waals surface area (Å²) in [7, 11) is 0. The van der Waals surface area contributed by atoms with E-state index in [4.69, 9.17) is 0 Å². The van der Waals surface area contributed by atoms with E-state index in [0.29, 0.717) is 0 Å². The second-order valence-electron chi connectivity index (χ2n) is 22.7. The highest BCUT2D eigenvalue weighted by molar-refractivity contribution is 6.14. The minimum absolute atomic E-state index is 0.0165. The highest BCUT2D eigenvalue weighted by Gasteiger charge is 2.24. The maximum Gasteiger partial charge on any atom is 0.105 e. The third-order valence-electron chi connectivity index (χ3n) is 14.0. The summed E-state index contributed by atoms with van der Waals surface area (Å²) >= 11 is 0. The van der Waals surface area contributed by atoms with Crippen LogP contribution in [0.4, 0.5) is 0 Å². The van der Waals surface area contributed by atoms with Gasteiger partial charge in [-0.3, -0.25) is 0 Å². The Kier molecular flexibility index (Phi) is 8.75. The van der Waals surface area contributed by atoms with E-state index in [9.17, 15) is 0 Å². The maximum atomic E-state index is 3.69. The predicted molar refractivity (Wildman–Crippen MR) is 279 cm³/mol. The van der Waals surface area contributed by atoms with Crippen LogP contribution in [0.25, 0.3) is 93.3 Å². The van der Waals surface area contributed by atoms with Gasteiger partial charge in [0, 0.05) is 54.9 Å². The smallest absolute Gasteiger partial charge is 0.105 e. The zero-order chi connectivity index (χ0) is 45.5. The van der Waals surface area contributed by atoms with Crippen LogP contribution >= 0.6 is 0 Å². The lowest BCUT2D eigenvalue weighted by atomic mass is 9.85. The summed E-state index contributed by atoms with van der Waals surface area (Å²) in [4.78, 5) is 0. The Bertz CT molecular complexity index is 3390. The quantitative estimate of drug-likeness (QED) is 0.168. The van der Waals surface area contributed by atoms with Crippen LogP contribution in [0.15, 0.2) is 140 Å². The predicted octanol–water partition coefficient (Wildman–Crippen LogP) is 16.9. The fraction of sp³-hybridized carbons (Fsp3) is 0.258. The second kappa shape index (κ2) is 13.9. The number of hydrogen-bond donors (Lipinski definition) is 0. The lowest BCUT2D eigenvalue weighted by molar-refractivity contribution is 0.590. The fourth-order valence-corrected chi connectivity index (χ4v) is 10.1. The molecule has 0 unspecified atom stereocenters. The van der Waals surface area contributed by atoms with E-state index in [2.05, 4.69) is 248 Å². The first-order chi connectivity index (χ1) is 30.7.